The molecule has 1 heterocycles. The normalized spacial score (nSPS) is 15.6. The molecule has 32 valence electrons. The summed E-state index contributed by atoms with van der Waals surface area (Å²) < 4.78 is 4.50. The molecule has 3 nitrogen and oxygen atoms in total. The van der Waals surface area contributed by atoms with Gasteiger partial charge in [-0.25, -0.2) is 0 Å². The van der Waals surface area contributed by atoms with Crippen molar-refractivity contribution in [2.24, 2.45) is 0 Å². The van der Waals surface area contributed by atoms with Gasteiger partial charge in [0.05, 0.1) is 13.2 Å². The first-order valence-corrected chi connectivity index (χ1v) is 1.28. The van der Waals surface area contributed by atoms with Gasteiger partial charge in [-0.3, -0.25) is 10.5 Å². The Balaban J connectivity index is 0.0000000733. The van der Waals surface area contributed by atoms with Crippen LogP contribution in [0.15, 0.2) is 0 Å². The van der Waals surface area contributed by atoms with Gasteiger partial charge in [0.1, 0.15) is 0 Å². The van der Waals surface area contributed by atoms with E-state index in [1.807, 2.05) is 0 Å². The fraction of sp³-hybridized carbons (Fsp3) is 1.00. The van der Waals surface area contributed by atoms with Crippen molar-refractivity contribution in [3.63, 3.8) is 0 Å². The monoisotopic (exact) mass is 78.0 g/mol. The summed E-state index contributed by atoms with van der Waals surface area (Å²) in [6.07, 6.45) is 0. The van der Waals surface area contributed by atoms with E-state index in [1.165, 1.54) is 0 Å². The van der Waals surface area contributed by atoms with Crippen molar-refractivity contribution in [3.8, 4) is 0 Å². The minimum atomic E-state index is 1.00. The lowest BCUT2D eigenvalue weighted by molar-refractivity contribution is -0.176. The Hall–Kier alpha value is -0.120. The number of hydrogen-bond acceptors (Lipinski definition) is 3. The van der Waals surface area contributed by atoms with Crippen LogP contribution in [0, 0.1) is 0 Å². The van der Waals surface area contributed by atoms with Crippen LogP contribution in [-0.4, -0.2) is 23.7 Å². The first-order chi connectivity index (χ1) is 2.50. The second kappa shape index (κ2) is 3.88. The third-order valence-corrected chi connectivity index (χ3v) is 0.204. The number of rotatable bonds is 0. The lowest BCUT2D eigenvalue weighted by Crippen LogP contribution is -1.29. The molecule has 2 N–H and O–H groups in total. The van der Waals surface area contributed by atoms with Gasteiger partial charge in [0.15, 0.2) is 0 Å². The van der Waals surface area contributed by atoms with Crippen LogP contribution in [0.2, 0.25) is 0 Å². The SMILES string of the molecule is C1CO1.OO. The maximum Gasteiger partial charge on any atom is 0.0701 e. The van der Waals surface area contributed by atoms with E-state index in [9.17, 15) is 0 Å². The fourth-order valence-electron chi connectivity index (χ4n) is 0. The van der Waals surface area contributed by atoms with Crippen LogP contribution in [0.3, 0.4) is 0 Å². The Morgan fingerprint density at radius 3 is 1.40 bits per heavy atom. The number of epoxide rings is 1. The standard InChI is InChI=1S/C2H4O.H2O2/c1-2-3-1;1-2/h1-2H2;1-2H. The largest absolute Gasteiger partial charge is 0.377 e. The summed E-state index contributed by atoms with van der Waals surface area (Å²) >= 11 is 0. The van der Waals surface area contributed by atoms with Crippen molar-refractivity contribution >= 4 is 0 Å². The lowest BCUT2D eigenvalue weighted by atomic mass is 11.0. The van der Waals surface area contributed by atoms with Gasteiger partial charge in [-0.1, -0.05) is 0 Å². The van der Waals surface area contributed by atoms with E-state index in [4.69, 9.17) is 10.5 Å². The molecule has 0 spiro atoms. The molecule has 0 unspecified atom stereocenters. The minimum absolute atomic E-state index is 1.00. The second-order valence-electron chi connectivity index (χ2n) is 0.612. The molecule has 0 aromatic carbocycles. The predicted molar refractivity (Wildman–Crippen MR) is 16.1 cm³/mol. The minimum Gasteiger partial charge on any atom is -0.377 e. The van der Waals surface area contributed by atoms with Crippen LogP contribution in [0.1, 0.15) is 0 Å². The Morgan fingerprint density at radius 1 is 1.20 bits per heavy atom. The zero-order valence-corrected chi connectivity index (χ0v) is 2.72. The van der Waals surface area contributed by atoms with Crippen molar-refractivity contribution in [3.05, 3.63) is 0 Å². The summed E-state index contributed by atoms with van der Waals surface area (Å²) in [5, 5.41) is 12.0. The number of hydrogen-bond donors (Lipinski definition) is 2. The quantitative estimate of drug-likeness (QED) is 0.244. The first kappa shape index (κ1) is 4.88. The van der Waals surface area contributed by atoms with Gasteiger partial charge in [0.25, 0.3) is 0 Å². The van der Waals surface area contributed by atoms with Crippen LogP contribution in [0.5, 0.6) is 0 Å². The van der Waals surface area contributed by atoms with Crippen molar-refractivity contribution in [2.45, 2.75) is 0 Å². The average molecular weight is 78.1 g/mol. The number of ether oxygens (including phenoxy) is 1. The summed E-state index contributed by atoms with van der Waals surface area (Å²) in [6.45, 7) is 2.00. The molecular formula is C2H6O3. The fourth-order valence-corrected chi connectivity index (χ4v) is 0. The molecular weight excluding hydrogens is 72.0 g/mol. The van der Waals surface area contributed by atoms with E-state index >= 15 is 0 Å². The van der Waals surface area contributed by atoms with Gasteiger partial charge in [-0.15, -0.1) is 0 Å². The zero-order chi connectivity index (χ0) is 4.12. The maximum atomic E-state index is 6.00. The van der Waals surface area contributed by atoms with Crippen molar-refractivity contribution in [2.75, 3.05) is 13.2 Å². The smallest absolute Gasteiger partial charge is 0.0701 e. The molecule has 5 heavy (non-hydrogen) atoms. The summed E-state index contributed by atoms with van der Waals surface area (Å²) in [4.78, 5) is 0. The van der Waals surface area contributed by atoms with Gasteiger partial charge in [-0.05, 0) is 0 Å². The molecule has 0 aromatic heterocycles. The van der Waals surface area contributed by atoms with Crippen LogP contribution < -0.4 is 0 Å². The predicted octanol–water partition coefficient (Wildman–Crippen LogP) is 0.0340. The molecule has 0 radical (unpaired) electrons. The van der Waals surface area contributed by atoms with Crippen molar-refractivity contribution < 1.29 is 15.3 Å². The summed E-state index contributed by atoms with van der Waals surface area (Å²) in [5.74, 6) is 0. The van der Waals surface area contributed by atoms with Gasteiger partial charge >= 0.3 is 0 Å². The third-order valence-electron chi connectivity index (χ3n) is 0.204. The van der Waals surface area contributed by atoms with E-state index in [0.717, 1.165) is 13.2 Å². The molecule has 0 bridgehead atoms. The summed E-state index contributed by atoms with van der Waals surface area (Å²) in [7, 11) is 0. The molecule has 0 atom stereocenters. The molecule has 0 aromatic rings. The Bertz CT molecular complexity index is 9.61. The van der Waals surface area contributed by atoms with E-state index in [-0.39, 0.29) is 0 Å². The average Bonchev–Trinajstić information content (AvgIpc) is 2.19. The van der Waals surface area contributed by atoms with E-state index in [2.05, 4.69) is 4.74 Å². The highest BCUT2D eigenvalue weighted by Gasteiger charge is 1.94. The summed E-state index contributed by atoms with van der Waals surface area (Å²) in [6, 6.07) is 0. The van der Waals surface area contributed by atoms with E-state index in [0.29, 0.717) is 0 Å². The lowest BCUT2D eigenvalue weighted by Gasteiger charge is -1.25. The highest BCUT2D eigenvalue weighted by atomic mass is 17.0. The van der Waals surface area contributed by atoms with Crippen molar-refractivity contribution in [1.29, 1.82) is 0 Å². The second-order valence-corrected chi connectivity index (χ2v) is 0.612. The van der Waals surface area contributed by atoms with Gasteiger partial charge in [0.2, 0.25) is 0 Å². The highest BCUT2D eigenvalue weighted by molar-refractivity contribution is 4.36. The highest BCUT2D eigenvalue weighted by Crippen LogP contribution is 1.84. The van der Waals surface area contributed by atoms with Gasteiger partial charge in [0, 0.05) is 0 Å². The molecule has 0 saturated carbocycles. The topological polar surface area (TPSA) is 53.0 Å². The molecule has 1 aliphatic rings. The Labute approximate surface area is 29.7 Å². The van der Waals surface area contributed by atoms with Gasteiger partial charge < -0.3 is 4.74 Å². The van der Waals surface area contributed by atoms with Crippen LogP contribution in [0.25, 0.3) is 0 Å². The maximum absolute atomic E-state index is 6.00. The van der Waals surface area contributed by atoms with Crippen molar-refractivity contribution in [1.82, 2.24) is 0 Å². The first-order valence-electron chi connectivity index (χ1n) is 1.28. The Kier molecular flexibility index (Phi) is 3.79. The van der Waals surface area contributed by atoms with E-state index in [1.54, 1.807) is 0 Å². The van der Waals surface area contributed by atoms with E-state index < -0.39 is 0 Å². The molecule has 1 aliphatic heterocycles. The molecule has 1 fully saturated rings. The van der Waals surface area contributed by atoms with Crippen LogP contribution in [-0.2, 0) is 4.74 Å². The molecule has 0 amide bonds. The zero-order valence-electron chi connectivity index (χ0n) is 2.72. The molecule has 0 aliphatic carbocycles. The third kappa shape index (κ3) is 17.7. The molecule has 1 rings (SSSR count). The Morgan fingerprint density at radius 2 is 1.40 bits per heavy atom. The summed E-state index contributed by atoms with van der Waals surface area (Å²) in [5.41, 5.74) is 0. The molecule has 1 saturated heterocycles. The van der Waals surface area contributed by atoms with Crippen LogP contribution >= 0.6 is 0 Å². The van der Waals surface area contributed by atoms with Gasteiger partial charge in [-0.2, -0.15) is 0 Å². The van der Waals surface area contributed by atoms with Crippen LogP contribution in [0.4, 0.5) is 0 Å². The molecule has 3 heteroatoms.